The normalized spacial score (nSPS) is 18.4. The van der Waals surface area contributed by atoms with Crippen LogP contribution in [0.5, 0.6) is 0 Å². The summed E-state index contributed by atoms with van der Waals surface area (Å²) in [5, 5.41) is 5.52. The molecule has 1 aliphatic carbocycles. The van der Waals surface area contributed by atoms with Crippen LogP contribution in [0.15, 0.2) is 29.6 Å². The SMILES string of the molecule is FC(F)(F)c1ccc(Cl)c(NC2CCCc3sccc32)c1. The van der Waals surface area contributed by atoms with Crippen molar-refractivity contribution in [1.82, 2.24) is 0 Å². The predicted molar refractivity (Wildman–Crippen MR) is 80.1 cm³/mol. The molecular weight excluding hydrogens is 319 g/mol. The minimum absolute atomic E-state index is 0.0287. The highest BCUT2D eigenvalue weighted by Gasteiger charge is 2.31. The van der Waals surface area contributed by atoms with Crippen molar-refractivity contribution < 1.29 is 13.2 Å². The maximum atomic E-state index is 12.8. The van der Waals surface area contributed by atoms with E-state index in [0.717, 1.165) is 31.4 Å². The first kappa shape index (κ1) is 14.7. The molecule has 1 nitrogen and oxygen atoms in total. The van der Waals surface area contributed by atoms with Gasteiger partial charge >= 0.3 is 6.18 Å². The van der Waals surface area contributed by atoms with E-state index in [9.17, 15) is 13.2 Å². The molecule has 112 valence electrons. The van der Waals surface area contributed by atoms with Gasteiger partial charge in [0.25, 0.3) is 0 Å². The monoisotopic (exact) mass is 331 g/mol. The molecule has 1 atom stereocenters. The first-order valence-electron chi connectivity index (χ1n) is 6.64. The number of nitrogens with one attached hydrogen (secondary N) is 1. The molecule has 0 spiro atoms. The number of hydrogen-bond acceptors (Lipinski definition) is 2. The van der Waals surface area contributed by atoms with Crippen LogP contribution in [0.25, 0.3) is 0 Å². The fourth-order valence-corrected chi connectivity index (χ4v) is 3.80. The zero-order chi connectivity index (χ0) is 15.0. The number of alkyl halides is 3. The average Bonchev–Trinajstić information content (AvgIpc) is 2.89. The lowest BCUT2D eigenvalue weighted by Gasteiger charge is -2.25. The van der Waals surface area contributed by atoms with Crippen molar-refractivity contribution in [3.8, 4) is 0 Å². The smallest absolute Gasteiger partial charge is 0.377 e. The third-order valence-corrected chi connectivity index (χ3v) is 5.00. The van der Waals surface area contributed by atoms with Gasteiger partial charge in [0, 0.05) is 4.88 Å². The van der Waals surface area contributed by atoms with Crippen molar-refractivity contribution in [1.29, 1.82) is 0 Å². The molecule has 1 aliphatic rings. The van der Waals surface area contributed by atoms with Gasteiger partial charge in [0.1, 0.15) is 0 Å². The first-order valence-corrected chi connectivity index (χ1v) is 7.90. The molecule has 0 saturated carbocycles. The Morgan fingerprint density at radius 1 is 1.24 bits per heavy atom. The van der Waals surface area contributed by atoms with Gasteiger partial charge in [-0.15, -0.1) is 11.3 Å². The Kier molecular flexibility index (Phi) is 3.88. The van der Waals surface area contributed by atoms with Crippen LogP contribution in [0.4, 0.5) is 18.9 Å². The summed E-state index contributed by atoms with van der Waals surface area (Å²) >= 11 is 7.74. The highest BCUT2D eigenvalue weighted by atomic mass is 35.5. The Morgan fingerprint density at radius 2 is 2.05 bits per heavy atom. The molecule has 0 bridgehead atoms. The lowest BCUT2D eigenvalue weighted by molar-refractivity contribution is -0.137. The number of aryl methyl sites for hydroxylation is 1. The van der Waals surface area contributed by atoms with Gasteiger partial charge < -0.3 is 5.32 Å². The fourth-order valence-electron chi connectivity index (χ4n) is 2.64. The average molecular weight is 332 g/mol. The second-order valence-corrected chi connectivity index (χ2v) is 6.49. The van der Waals surface area contributed by atoms with Crippen molar-refractivity contribution in [2.75, 3.05) is 5.32 Å². The van der Waals surface area contributed by atoms with Crippen molar-refractivity contribution in [3.05, 3.63) is 50.7 Å². The number of rotatable bonds is 2. The Morgan fingerprint density at radius 3 is 2.81 bits per heavy atom. The van der Waals surface area contributed by atoms with Crippen LogP contribution in [0, 0.1) is 0 Å². The lowest BCUT2D eigenvalue weighted by atomic mass is 9.94. The molecule has 1 N–H and O–H groups in total. The Balaban J connectivity index is 1.89. The molecule has 0 amide bonds. The molecule has 1 unspecified atom stereocenters. The standard InChI is InChI=1S/C15H13ClF3NS/c16-11-5-4-9(15(17,18)19)8-13(11)20-12-2-1-3-14-10(12)6-7-21-14/h4-8,12,20H,1-3H2. The van der Waals surface area contributed by atoms with Crippen molar-refractivity contribution in [3.63, 3.8) is 0 Å². The van der Waals surface area contributed by atoms with Crippen molar-refractivity contribution in [2.24, 2.45) is 0 Å². The van der Waals surface area contributed by atoms with E-state index in [0.29, 0.717) is 10.7 Å². The summed E-state index contributed by atoms with van der Waals surface area (Å²) in [4.78, 5) is 1.31. The summed E-state index contributed by atoms with van der Waals surface area (Å²) < 4.78 is 38.4. The lowest BCUT2D eigenvalue weighted by Crippen LogP contribution is -2.16. The molecule has 0 aliphatic heterocycles. The highest BCUT2D eigenvalue weighted by molar-refractivity contribution is 7.10. The molecule has 21 heavy (non-hydrogen) atoms. The van der Waals surface area contributed by atoms with Gasteiger partial charge in [0.05, 0.1) is 22.3 Å². The molecule has 2 aromatic rings. The second-order valence-electron chi connectivity index (χ2n) is 5.08. The zero-order valence-electron chi connectivity index (χ0n) is 11.0. The summed E-state index contributed by atoms with van der Waals surface area (Å²) in [5.74, 6) is 0. The van der Waals surface area contributed by atoms with Crippen LogP contribution in [0.1, 0.15) is 34.9 Å². The minimum atomic E-state index is -4.36. The molecule has 1 aromatic carbocycles. The minimum Gasteiger partial charge on any atom is -0.377 e. The number of thiophene rings is 1. The summed E-state index contributed by atoms with van der Waals surface area (Å²) in [7, 11) is 0. The summed E-state index contributed by atoms with van der Waals surface area (Å²) in [6.45, 7) is 0. The fraction of sp³-hybridized carbons (Fsp3) is 0.333. The van der Waals surface area contributed by atoms with Crippen LogP contribution in [0.3, 0.4) is 0 Å². The molecule has 3 rings (SSSR count). The Bertz CT molecular complexity index is 651. The van der Waals surface area contributed by atoms with Gasteiger partial charge in [-0.3, -0.25) is 0 Å². The largest absolute Gasteiger partial charge is 0.416 e. The molecule has 0 radical (unpaired) electrons. The van der Waals surface area contributed by atoms with Crippen LogP contribution >= 0.6 is 22.9 Å². The van der Waals surface area contributed by atoms with Gasteiger partial charge in [0.2, 0.25) is 0 Å². The van der Waals surface area contributed by atoms with Crippen LogP contribution in [-0.4, -0.2) is 0 Å². The number of anilines is 1. The molecule has 1 aromatic heterocycles. The van der Waals surface area contributed by atoms with Gasteiger partial charge in [-0.1, -0.05) is 11.6 Å². The van der Waals surface area contributed by atoms with Gasteiger partial charge in [-0.05, 0) is 54.5 Å². The van der Waals surface area contributed by atoms with Crippen LogP contribution in [-0.2, 0) is 12.6 Å². The van der Waals surface area contributed by atoms with E-state index in [2.05, 4.69) is 5.32 Å². The van der Waals surface area contributed by atoms with E-state index < -0.39 is 11.7 Å². The van der Waals surface area contributed by atoms with Gasteiger partial charge in [-0.2, -0.15) is 13.2 Å². The van der Waals surface area contributed by atoms with Crippen molar-refractivity contribution >= 4 is 28.6 Å². The molecule has 0 fully saturated rings. The Labute approximate surface area is 129 Å². The van der Waals surface area contributed by atoms with Gasteiger partial charge in [-0.25, -0.2) is 0 Å². The second kappa shape index (κ2) is 5.54. The van der Waals surface area contributed by atoms with E-state index >= 15 is 0 Å². The van der Waals surface area contributed by atoms with Gasteiger partial charge in [0.15, 0.2) is 0 Å². The number of halogens is 4. The van der Waals surface area contributed by atoms with E-state index in [1.165, 1.54) is 16.5 Å². The maximum Gasteiger partial charge on any atom is 0.416 e. The van der Waals surface area contributed by atoms with Crippen LogP contribution in [0.2, 0.25) is 5.02 Å². The highest BCUT2D eigenvalue weighted by Crippen LogP contribution is 2.39. The maximum absolute atomic E-state index is 12.8. The quantitative estimate of drug-likeness (QED) is 0.721. The topological polar surface area (TPSA) is 12.0 Å². The molecular formula is C15H13ClF3NS. The molecule has 1 heterocycles. The number of fused-ring (bicyclic) bond motifs is 1. The zero-order valence-corrected chi connectivity index (χ0v) is 12.6. The van der Waals surface area contributed by atoms with E-state index in [4.69, 9.17) is 11.6 Å². The summed E-state index contributed by atoms with van der Waals surface area (Å²) in [5.41, 5.74) is 0.839. The van der Waals surface area contributed by atoms with E-state index in [1.54, 1.807) is 11.3 Å². The third-order valence-electron chi connectivity index (χ3n) is 3.68. The van der Waals surface area contributed by atoms with E-state index in [1.807, 2.05) is 11.4 Å². The predicted octanol–water partition coefficient (Wildman–Crippen LogP) is 5.91. The first-order chi connectivity index (χ1) is 9.95. The Hall–Kier alpha value is -1.20. The molecule has 6 heteroatoms. The van der Waals surface area contributed by atoms with Crippen molar-refractivity contribution in [2.45, 2.75) is 31.5 Å². The summed E-state index contributed by atoms with van der Waals surface area (Å²) in [6, 6.07) is 5.46. The molecule has 0 saturated heterocycles. The van der Waals surface area contributed by atoms with E-state index in [-0.39, 0.29) is 6.04 Å². The van der Waals surface area contributed by atoms with Crippen LogP contribution < -0.4 is 5.32 Å². The summed E-state index contributed by atoms with van der Waals surface area (Å²) in [6.07, 6.45) is -1.39. The number of hydrogen-bond donors (Lipinski definition) is 1. The third kappa shape index (κ3) is 3.04. The number of benzene rings is 1.